The zero-order valence-electron chi connectivity index (χ0n) is 19.6. The van der Waals surface area contributed by atoms with Gasteiger partial charge in [0, 0.05) is 135 Å². The van der Waals surface area contributed by atoms with Crippen LogP contribution in [-0.4, -0.2) is 24.4 Å². The molecule has 2 nitrogen and oxygen atoms in total. The smallest absolute Gasteiger partial charge is 0.208 e. The van der Waals surface area contributed by atoms with E-state index >= 15 is 0 Å². The molecule has 0 bridgehead atoms. The Hall–Kier alpha value is 0.182. The Bertz CT molecular complexity index is 1160. The molecule has 2 heterocycles. The molecule has 159 valence electrons. The number of benzene rings is 2. The molecule has 0 saturated heterocycles. The molecule has 0 amide bonds. The summed E-state index contributed by atoms with van der Waals surface area (Å²) in [4.78, 5) is 2.31. The van der Waals surface area contributed by atoms with Gasteiger partial charge in [-0.25, -0.2) is 0 Å². The van der Waals surface area contributed by atoms with Crippen LogP contribution >= 0.6 is 0 Å². The van der Waals surface area contributed by atoms with Crippen molar-refractivity contribution in [1.29, 1.82) is 0 Å². The second kappa shape index (κ2) is 13.5. The summed E-state index contributed by atoms with van der Waals surface area (Å²) in [5, 5.41) is 0. The summed E-state index contributed by atoms with van der Waals surface area (Å²) in [6.07, 6.45) is 18.2. The van der Waals surface area contributed by atoms with E-state index < -0.39 is 0 Å². The summed E-state index contributed by atoms with van der Waals surface area (Å²) in [6, 6.07) is 17.3. The summed E-state index contributed by atoms with van der Waals surface area (Å²) >= 11 is 0. The number of para-hydroxylation sites is 2. The normalized spacial score (nSPS) is 19.1. The van der Waals surface area contributed by atoms with Crippen LogP contribution in [-0.2, 0) is 111 Å². The minimum atomic E-state index is 0. The number of anilines is 1. The van der Waals surface area contributed by atoms with Crippen LogP contribution in [0.15, 0.2) is 89.7 Å². The quantitative estimate of drug-likeness (QED) is 0.293. The summed E-state index contributed by atoms with van der Waals surface area (Å²) in [6.45, 7) is 0. The van der Waals surface area contributed by atoms with Gasteiger partial charge in [0.2, 0.25) is 5.69 Å². The molecule has 0 saturated carbocycles. The third kappa shape index (κ3) is 6.69. The van der Waals surface area contributed by atoms with Gasteiger partial charge in [-0.15, -0.1) is 6.08 Å². The van der Waals surface area contributed by atoms with Gasteiger partial charge in [-0.3, -0.25) is 0 Å². The van der Waals surface area contributed by atoms with E-state index in [4.69, 9.17) is 0 Å². The Kier molecular flexibility index (Phi) is 12.0. The molecule has 0 N–H and O–H groups in total. The Morgan fingerprint density at radius 2 is 1.58 bits per heavy atom. The fourth-order valence-electron chi connectivity index (χ4n) is 4.70. The molecule has 5 rings (SSSR count). The molecule has 2 aromatic rings. The first-order valence-electron chi connectivity index (χ1n) is 10.9. The molecule has 0 unspecified atom stereocenters. The van der Waals surface area contributed by atoms with Gasteiger partial charge in [0.15, 0.2) is 5.71 Å². The molecule has 0 fully saturated rings. The SMILES string of the molecule is CN1/C(=C\C=C2[C-]=C(/C=C/C3=[N+](C)c4ccccc4C3)CCC\2)Cc2ccccc21.[Y].[Y].[Y]. The third-order valence-electron chi connectivity index (χ3n) is 6.48. The standard InChI is InChI=1S/C28H28N2.3Y/c1-29-25(19-23-10-3-5-12-27(23)29)16-14-21-8-7-9-22(18-21)15-17-26-20-24-11-4-6-13-28(24)30(26)2;;;/h3-6,10-17H,7-9,19-20H2,1-2H3;;;. The minimum Gasteiger partial charge on any atom is -0.349 e. The van der Waals surface area contributed by atoms with Gasteiger partial charge in [0.1, 0.15) is 7.05 Å². The second-order valence-corrected chi connectivity index (χ2v) is 8.41. The fourth-order valence-corrected chi connectivity index (χ4v) is 4.70. The van der Waals surface area contributed by atoms with E-state index in [9.17, 15) is 0 Å². The summed E-state index contributed by atoms with van der Waals surface area (Å²) < 4.78 is 2.31. The van der Waals surface area contributed by atoms with Gasteiger partial charge in [0.05, 0.1) is 6.42 Å². The van der Waals surface area contributed by atoms with E-state index in [0.29, 0.717) is 0 Å². The Morgan fingerprint density at radius 3 is 2.33 bits per heavy atom. The predicted molar refractivity (Wildman–Crippen MR) is 125 cm³/mol. The van der Waals surface area contributed by atoms with Crippen LogP contribution in [0, 0.1) is 6.08 Å². The largest absolute Gasteiger partial charge is 0.349 e. The van der Waals surface area contributed by atoms with Crippen LogP contribution in [0.25, 0.3) is 0 Å². The molecule has 0 spiro atoms. The maximum Gasteiger partial charge on any atom is 0.208 e. The molecular weight excluding hydrogens is 631 g/mol. The summed E-state index contributed by atoms with van der Waals surface area (Å²) in [7, 11) is 4.33. The van der Waals surface area contributed by atoms with E-state index in [1.54, 1.807) is 0 Å². The molecule has 33 heavy (non-hydrogen) atoms. The molecule has 0 atom stereocenters. The van der Waals surface area contributed by atoms with Crippen molar-refractivity contribution in [3.63, 3.8) is 0 Å². The first-order chi connectivity index (χ1) is 14.7. The topological polar surface area (TPSA) is 6.25 Å². The minimum absolute atomic E-state index is 0. The van der Waals surface area contributed by atoms with Crippen molar-refractivity contribution in [1.82, 2.24) is 0 Å². The molecule has 3 aliphatic rings. The van der Waals surface area contributed by atoms with Crippen LogP contribution in [0.2, 0.25) is 0 Å². The molecule has 2 aliphatic heterocycles. The van der Waals surface area contributed by atoms with Gasteiger partial charge in [-0.2, -0.15) is 27.9 Å². The number of allylic oxidation sites excluding steroid dienone is 8. The van der Waals surface area contributed by atoms with Crippen LogP contribution in [0.5, 0.6) is 0 Å². The average molecular weight is 659 g/mol. The molecule has 1 aliphatic carbocycles. The average Bonchev–Trinajstić information content (AvgIpc) is 3.28. The number of likely N-dealkylation sites (N-methyl/N-ethyl adjacent to an activating group) is 1. The molecule has 3 radical (unpaired) electrons. The molecule has 2 aromatic carbocycles. The van der Waals surface area contributed by atoms with Crippen molar-refractivity contribution >= 4 is 17.1 Å². The van der Waals surface area contributed by atoms with Gasteiger partial charge in [-0.1, -0.05) is 55.3 Å². The van der Waals surface area contributed by atoms with Crippen molar-refractivity contribution in [2.45, 2.75) is 32.1 Å². The second-order valence-electron chi connectivity index (χ2n) is 8.41. The van der Waals surface area contributed by atoms with Crippen molar-refractivity contribution in [3.8, 4) is 0 Å². The number of fused-ring (bicyclic) bond motifs is 2. The molecule has 5 heteroatoms. The monoisotopic (exact) mass is 659 g/mol. The number of hydrogen-bond acceptors (Lipinski definition) is 1. The fraction of sp³-hybridized carbons (Fsp3) is 0.250. The van der Waals surface area contributed by atoms with E-state index in [-0.39, 0.29) is 98.1 Å². The van der Waals surface area contributed by atoms with Crippen LogP contribution < -0.4 is 4.90 Å². The predicted octanol–water partition coefficient (Wildman–Crippen LogP) is 5.92. The zero-order valence-corrected chi connectivity index (χ0v) is 28.1. The van der Waals surface area contributed by atoms with Crippen molar-refractivity contribution in [2.24, 2.45) is 0 Å². The Labute approximate surface area is 274 Å². The van der Waals surface area contributed by atoms with E-state index in [2.05, 4.69) is 102 Å². The van der Waals surface area contributed by atoms with Crippen molar-refractivity contribution in [3.05, 3.63) is 107 Å². The number of rotatable bonds is 3. The van der Waals surface area contributed by atoms with Crippen LogP contribution in [0.3, 0.4) is 0 Å². The van der Waals surface area contributed by atoms with E-state index in [0.717, 1.165) is 25.7 Å². The van der Waals surface area contributed by atoms with Gasteiger partial charge in [0.25, 0.3) is 0 Å². The van der Waals surface area contributed by atoms with Crippen LogP contribution in [0.1, 0.15) is 30.4 Å². The van der Waals surface area contributed by atoms with Gasteiger partial charge < -0.3 is 4.90 Å². The maximum atomic E-state index is 3.67. The first-order valence-corrected chi connectivity index (χ1v) is 10.9. The van der Waals surface area contributed by atoms with Gasteiger partial charge >= 0.3 is 0 Å². The van der Waals surface area contributed by atoms with Crippen LogP contribution in [0.4, 0.5) is 11.4 Å². The van der Waals surface area contributed by atoms with E-state index in [1.807, 2.05) is 0 Å². The zero-order chi connectivity index (χ0) is 20.5. The van der Waals surface area contributed by atoms with Crippen molar-refractivity contribution < 1.29 is 103 Å². The summed E-state index contributed by atoms with van der Waals surface area (Å²) in [5.41, 5.74) is 10.8. The third-order valence-corrected chi connectivity index (χ3v) is 6.48. The Morgan fingerprint density at radius 1 is 0.848 bits per heavy atom. The number of hydrogen-bond donors (Lipinski definition) is 0. The first kappa shape index (κ1) is 29.4. The van der Waals surface area contributed by atoms with Gasteiger partial charge in [-0.05, 0) is 24.1 Å². The summed E-state index contributed by atoms with van der Waals surface area (Å²) in [5.74, 6) is 0. The molecular formula is C28H28N2Y3. The maximum absolute atomic E-state index is 3.67. The number of nitrogens with zero attached hydrogens (tertiary/aromatic N) is 2. The van der Waals surface area contributed by atoms with E-state index in [1.165, 1.54) is 51.5 Å². The van der Waals surface area contributed by atoms with Crippen molar-refractivity contribution in [2.75, 3.05) is 19.0 Å². The molecule has 0 aromatic heterocycles. The Balaban J connectivity index is 0.00000128.